The maximum absolute atomic E-state index is 14.1. The highest BCUT2D eigenvalue weighted by Gasteiger charge is 2.36. The molecule has 0 radical (unpaired) electrons. The molecule has 2 rings (SSSR count). The van der Waals surface area contributed by atoms with Gasteiger partial charge in [0.2, 0.25) is 0 Å². The summed E-state index contributed by atoms with van der Waals surface area (Å²) in [5.41, 5.74) is 6.42. The third-order valence-electron chi connectivity index (χ3n) is 10.8. The minimum Gasteiger partial charge on any atom is -0.507 e. The lowest BCUT2D eigenvalue weighted by Crippen LogP contribution is -2.26. The number of aromatic hydroxyl groups is 1. The summed E-state index contributed by atoms with van der Waals surface area (Å²) >= 11 is 0. The molecule has 2 heteroatoms. The minimum atomic E-state index is 0.150. The van der Waals surface area contributed by atoms with E-state index in [1.807, 2.05) is 6.92 Å². The van der Waals surface area contributed by atoms with Gasteiger partial charge in [-0.2, -0.15) is 0 Å². The van der Waals surface area contributed by atoms with Gasteiger partial charge in [-0.25, -0.2) is 0 Å². The maximum Gasteiger partial charge on any atom is 0.185 e. The van der Waals surface area contributed by atoms with Crippen molar-refractivity contribution in [2.45, 2.75) is 190 Å². The number of allylic oxidation sites excluding steroid dienone is 4. The van der Waals surface area contributed by atoms with Crippen molar-refractivity contribution in [1.29, 1.82) is 0 Å². The van der Waals surface area contributed by atoms with Crippen molar-refractivity contribution >= 4 is 11.4 Å². The summed E-state index contributed by atoms with van der Waals surface area (Å²) in [6, 6.07) is 4.64. The first-order chi connectivity index (χ1) is 21.6. The first kappa shape index (κ1) is 39.3. The summed E-state index contributed by atoms with van der Waals surface area (Å²) in [6.07, 6.45) is 24.1. The van der Waals surface area contributed by atoms with Gasteiger partial charge in [0.05, 0.1) is 0 Å². The Morgan fingerprint density at radius 3 is 1.73 bits per heavy atom. The third-order valence-corrected chi connectivity index (χ3v) is 10.8. The molecule has 45 heavy (non-hydrogen) atoms. The molecule has 0 amide bonds. The largest absolute Gasteiger partial charge is 0.507 e. The van der Waals surface area contributed by atoms with Crippen LogP contribution in [-0.4, -0.2) is 10.9 Å². The molecule has 0 heterocycles. The first-order valence-corrected chi connectivity index (χ1v) is 19.5. The SMILES string of the molecule is CCCCCCCC(C)c1cc(C2=C(C(C)CCCC)C(=O)C(C)=CC2C(C)CCCCCCC)c(O)c(C(C)CCCC)c1. The summed E-state index contributed by atoms with van der Waals surface area (Å²) < 4.78 is 0. The van der Waals surface area contributed by atoms with Crippen LogP contribution in [0.5, 0.6) is 5.75 Å². The van der Waals surface area contributed by atoms with Crippen LogP contribution >= 0.6 is 0 Å². The molecule has 0 bridgehead atoms. The first-order valence-electron chi connectivity index (χ1n) is 19.5. The Hall–Kier alpha value is -1.83. The van der Waals surface area contributed by atoms with Crippen molar-refractivity contribution in [2.75, 3.05) is 0 Å². The fraction of sp³-hybridized carbons (Fsp3) is 0.744. The smallest absolute Gasteiger partial charge is 0.185 e. The van der Waals surface area contributed by atoms with Crippen molar-refractivity contribution in [1.82, 2.24) is 0 Å². The summed E-state index contributed by atoms with van der Waals surface area (Å²) in [5, 5.41) is 12.2. The molecule has 0 saturated carbocycles. The number of ketones is 1. The van der Waals surface area contributed by atoms with Crippen LogP contribution in [-0.2, 0) is 4.79 Å². The number of Topliss-reactive ketones (excluding diaryl/α,β-unsaturated/α-hetero) is 1. The quantitative estimate of drug-likeness (QED) is 0.124. The van der Waals surface area contributed by atoms with Gasteiger partial charge in [0.1, 0.15) is 5.75 Å². The van der Waals surface area contributed by atoms with E-state index in [0.717, 1.165) is 72.8 Å². The monoisotopic (exact) mass is 621 g/mol. The van der Waals surface area contributed by atoms with E-state index in [4.69, 9.17) is 0 Å². The Morgan fingerprint density at radius 1 is 0.644 bits per heavy atom. The highest BCUT2D eigenvalue weighted by atomic mass is 16.3. The minimum absolute atomic E-state index is 0.150. The standard InChI is InChI=1S/C43H72O2/c1-10-14-18-20-22-26-31(5)36-29-38(33(7)24-16-12-3)43(45)39(30-36)41-37(32(6)27-23-21-19-15-11-2)28-35(9)42(44)40(41)34(8)25-17-13-4/h28-34,37,45H,10-27H2,1-9H3. The molecule has 1 aromatic rings. The van der Waals surface area contributed by atoms with Crippen LogP contribution in [0.15, 0.2) is 29.4 Å². The highest BCUT2D eigenvalue weighted by Crippen LogP contribution is 2.48. The van der Waals surface area contributed by atoms with Crippen LogP contribution in [0.3, 0.4) is 0 Å². The summed E-state index contributed by atoms with van der Waals surface area (Å²) in [4.78, 5) is 14.1. The molecule has 0 spiro atoms. The fourth-order valence-electron chi connectivity index (χ4n) is 7.54. The number of unbranched alkanes of at least 4 members (excludes halogenated alkanes) is 10. The molecular formula is C43H72O2. The predicted octanol–water partition coefficient (Wildman–Crippen LogP) is 13.9. The Labute approximate surface area is 280 Å². The molecule has 256 valence electrons. The Bertz CT molecular complexity index is 1080. The van der Waals surface area contributed by atoms with Crippen LogP contribution in [0.1, 0.15) is 206 Å². The zero-order valence-corrected chi connectivity index (χ0v) is 31.2. The number of hydrogen-bond donors (Lipinski definition) is 1. The van der Waals surface area contributed by atoms with Gasteiger partial charge in [0, 0.05) is 17.1 Å². The van der Waals surface area contributed by atoms with Crippen molar-refractivity contribution < 1.29 is 9.90 Å². The van der Waals surface area contributed by atoms with Crippen molar-refractivity contribution in [3.8, 4) is 5.75 Å². The molecular weight excluding hydrogens is 548 g/mol. The average Bonchev–Trinajstić information content (AvgIpc) is 3.03. The van der Waals surface area contributed by atoms with Crippen LogP contribution in [0, 0.1) is 17.8 Å². The van der Waals surface area contributed by atoms with Crippen molar-refractivity contribution in [3.63, 3.8) is 0 Å². The second-order valence-corrected chi connectivity index (χ2v) is 14.9. The molecule has 0 aromatic heterocycles. The number of phenols is 1. The molecule has 0 aliphatic heterocycles. The van der Waals surface area contributed by atoms with Gasteiger partial charge >= 0.3 is 0 Å². The Balaban J connectivity index is 2.71. The maximum atomic E-state index is 14.1. The lowest BCUT2D eigenvalue weighted by Gasteiger charge is -2.34. The van der Waals surface area contributed by atoms with Crippen molar-refractivity contribution in [2.24, 2.45) is 17.8 Å². The van der Waals surface area contributed by atoms with E-state index in [-0.39, 0.29) is 23.5 Å². The lowest BCUT2D eigenvalue weighted by atomic mass is 9.69. The topological polar surface area (TPSA) is 37.3 Å². The molecule has 0 saturated heterocycles. The summed E-state index contributed by atoms with van der Waals surface area (Å²) in [6.45, 7) is 20.4. The molecule has 2 nitrogen and oxygen atoms in total. The third kappa shape index (κ3) is 11.7. The number of carbonyl (C=O) groups is 1. The number of phenolic OH excluding ortho intramolecular Hbond substituents is 1. The van der Waals surface area contributed by atoms with Crippen LogP contribution < -0.4 is 0 Å². The molecule has 1 aliphatic carbocycles. The fourth-order valence-corrected chi connectivity index (χ4v) is 7.54. The summed E-state index contributed by atoms with van der Waals surface area (Å²) in [5.74, 6) is 2.09. The molecule has 5 unspecified atom stereocenters. The van der Waals surface area contributed by atoms with Gasteiger partial charge in [-0.05, 0) is 84.6 Å². The van der Waals surface area contributed by atoms with Crippen LogP contribution in [0.4, 0.5) is 0 Å². The van der Waals surface area contributed by atoms with Gasteiger partial charge in [-0.15, -0.1) is 0 Å². The molecule has 0 fully saturated rings. The predicted molar refractivity (Wildman–Crippen MR) is 198 cm³/mol. The molecule has 1 aromatic carbocycles. The van der Waals surface area contributed by atoms with Gasteiger partial charge in [-0.1, -0.05) is 157 Å². The number of benzene rings is 1. The normalized spacial score (nSPS) is 18.2. The van der Waals surface area contributed by atoms with E-state index in [0.29, 0.717) is 17.6 Å². The van der Waals surface area contributed by atoms with Crippen molar-refractivity contribution in [3.05, 3.63) is 46.0 Å². The number of carbonyl (C=O) groups excluding carboxylic acids is 1. The molecule has 1 N–H and O–H groups in total. The number of rotatable bonds is 23. The Morgan fingerprint density at radius 2 is 1.16 bits per heavy atom. The van der Waals surface area contributed by atoms with Crippen LogP contribution in [0.2, 0.25) is 0 Å². The van der Waals surface area contributed by atoms with E-state index in [1.165, 1.54) is 76.2 Å². The lowest BCUT2D eigenvalue weighted by molar-refractivity contribution is -0.112. The van der Waals surface area contributed by atoms with E-state index in [9.17, 15) is 9.90 Å². The van der Waals surface area contributed by atoms with E-state index in [2.05, 4.69) is 73.6 Å². The average molecular weight is 621 g/mol. The van der Waals surface area contributed by atoms with E-state index in [1.54, 1.807) is 0 Å². The van der Waals surface area contributed by atoms with Gasteiger partial charge in [0.15, 0.2) is 5.78 Å². The number of hydrogen-bond acceptors (Lipinski definition) is 2. The van der Waals surface area contributed by atoms with Gasteiger partial charge < -0.3 is 5.11 Å². The van der Waals surface area contributed by atoms with Crippen LogP contribution in [0.25, 0.3) is 5.57 Å². The zero-order chi connectivity index (χ0) is 33.4. The highest BCUT2D eigenvalue weighted by molar-refractivity contribution is 6.15. The Kier molecular flexibility index (Phi) is 18.5. The van der Waals surface area contributed by atoms with E-state index >= 15 is 0 Å². The zero-order valence-electron chi connectivity index (χ0n) is 31.2. The second-order valence-electron chi connectivity index (χ2n) is 14.9. The molecule has 1 aliphatic rings. The molecule has 5 atom stereocenters. The van der Waals surface area contributed by atoms with Gasteiger partial charge in [-0.3, -0.25) is 4.79 Å². The van der Waals surface area contributed by atoms with E-state index < -0.39 is 0 Å². The summed E-state index contributed by atoms with van der Waals surface area (Å²) in [7, 11) is 0. The van der Waals surface area contributed by atoms with Gasteiger partial charge in [0.25, 0.3) is 0 Å². The second kappa shape index (κ2) is 21.1.